The van der Waals surface area contributed by atoms with Gasteiger partial charge in [-0.2, -0.15) is 13.2 Å². The number of carboxylic acid groups (broad SMARTS) is 1. The summed E-state index contributed by atoms with van der Waals surface area (Å²) in [5.41, 5.74) is 0. The van der Waals surface area contributed by atoms with Gasteiger partial charge in [0.05, 0.1) is 12.6 Å². The molecule has 0 fully saturated rings. The lowest BCUT2D eigenvalue weighted by Crippen LogP contribution is -2.45. The molecule has 17 heavy (non-hydrogen) atoms. The second-order valence-electron chi connectivity index (χ2n) is 3.39. The zero-order valence-corrected chi connectivity index (χ0v) is 9.37. The summed E-state index contributed by atoms with van der Waals surface area (Å²) in [5, 5.41) is 10.2. The van der Waals surface area contributed by atoms with Crippen LogP contribution in [0.2, 0.25) is 0 Å². The average Bonchev–Trinajstić information content (AvgIpc) is 2.21. The van der Waals surface area contributed by atoms with Crippen LogP contribution < -0.4 is 5.32 Å². The minimum absolute atomic E-state index is 0.203. The minimum Gasteiger partial charge on any atom is -0.479 e. The Kier molecular flexibility index (Phi) is 5.94. The molecule has 0 rings (SSSR count). The lowest BCUT2D eigenvalue weighted by molar-refractivity contribution is -0.175. The maximum atomic E-state index is 11.9. The van der Waals surface area contributed by atoms with Gasteiger partial charge in [0.15, 0.2) is 6.10 Å². The number of amides is 1. The van der Waals surface area contributed by atoms with Crippen LogP contribution in [0.5, 0.6) is 0 Å². The third-order valence-corrected chi connectivity index (χ3v) is 1.98. The van der Waals surface area contributed by atoms with E-state index in [1.54, 1.807) is 12.2 Å². The number of hydrogen-bond acceptors (Lipinski definition) is 3. The molecule has 0 heterocycles. The molecule has 2 atom stereocenters. The Labute approximate surface area is 95.9 Å². The van der Waals surface area contributed by atoms with Gasteiger partial charge in [-0.05, 0) is 13.3 Å². The second-order valence-corrected chi connectivity index (χ2v) is 3.39. The molecular weight excluding hydrogens is 243 g/mol. The number of nitrogens with one attached hydrogen (secondary N) is 1. The third kappa shape index (κ3) is 6.10. The average molecular weight is 257 g/mol. The van der Waals surface area contributed by atoms with E-state index in [-0.39, 0.29) is 13.0 Å². The highest BCUT2D eigenvalue weighted by atomic mass is 19.4. The molecule has 0 bridgehead atoms. The van der Waals surface area contributed by atoms with Crippen molar-refractivity contribution in [1.82, 2.24) is 5.32 Å². The van der Waals surface area contributed by atoms with Gasteiger partial charge in [-0.25, -0.2) is 4.79 Å². The highest BCUT2D eigenvalue weighted by Crippen LogP contribution is 2.14. The van der Waals surface area contributed by atoms with Gasteiger partial charge in [-0.1, -0.05) is 6.92 Å². The summed E-state index contributed by atoms with van der Waals surface area (Å²) >= 11 is 0. The maximum Gasteiger partial charge on any atom is 0.471 e. The first-order valence-corrected chi connectivity index (χ1v) is 4.90. The summed E-state index contributed by atoms with van der Waals surface area (Å²) < 4.78 is 40.6. The monoisotopic (exact) mass is 257 g/mol. The number of carboxylic acids is 1. The molecule has 0 aromatic heterocycles. The van der Waals surface area contributed by atoms with Crippen LogP contribution in [0.25, 0.3) is 0 Å². The number of ether oxygens (including phenoxy) is 1. The summed E-state index contributed by atoms with van der Waals surface area (Å²) in [6.07, 6.45) is -5.88. The van der Waals surface area contributed by atoms with E-state index in [0.29, 0.717) is 0 Å². The molecule has 0 aliphatic heterocycles. The van der Waals surface area contributed by atoms with Crippen molar-refractivity contribution < 1.29 is 32.6 Å². The minimum atomic E-state index is -4.95. The van der Waals surface area contributed by atoms with Crippen molar-refractivity contribution in [3.8, 4) is 0 Å². The lowest BCUT2D eigenvalue weighted by Gasteiger charge is -2.19. The van der Waals surface area contributed by atoms with Crippen molar-refractivity contribution in [2.75, 3.05) is 6.61 Å². The van der Waals surface area contributed by atoms with Crippen molar-refractivity contribution in [2.45, 2.75) is 38.6 Å². The smallest absolute Gasteiger partial charge is 0.471 e. The fraction of sp³-hybridized carbons (Fsp3) is 0.778. The van der Waals surface area contributed by atoms with E-state index in [9.17, 15) is 22.8 Å². The predicted octanol–water partition coefficient (Wildman–Crippen LogP) is 0.933. The highest BCUT2D eigenvalue weighted by molar-refractivity contribution is 5.81. The zero-order chi connectivity index (χ0) is 13.6. The molecule has 0 radical (unpaired) electrons. The lowest BCUT2D eigenvalue weighted by atomic mass is 10.2. The molecule has 5 nitrogen and oxygen atoms in total. The van der Waals surface area contributed by atoms with Gasteiger partial charge in [0.1, 0.15) is 0 Å². The Morgan fingerprint density at radius 1 is 1.41 bits per heavy atom. The van der Waals surface area contributed by atoms with Crippen molar-refractivity contribution in [3.63, 3.8) is 0 Å². The summed E-state index contributed by atoms with van der Waals surface area (Å²) in [4.78, 5) is 21.0. The van der Waals surface area contributed by atoms with Crippen LogP contribution in [0.1, 0.15) is 20.3 Å². The Bertz CT molecular complexity index is 280. The number of carbonyl (C=O) groups excluding carboxylic acids is 1. The predicted molar refractivity (Wildman–Crippen MR) is 51.3 cm³/mol. The zero-order valence-electron chi connectivity index (χ0n) is 9.37. The Balaban J connectivity index is 4.18. The van der Waals surface area contributed by atoms with Crippen molar-refractivity contribution in [2.24, 2.45) is 0 Å². The summed E-state index contributed by atoms with van der Waals surface area (Å²) in [6, 6.07) is -0.870. The quantitative estimate of drug-likeness (QED) is 0.742. The van der Waals surface area contributed by atoms with E-state index in [1.807, 2.05) is 0 Å². The largest absolute Gasteiger partial charge is 0.479 e. The normalized spacial score (nSPS) is 15.1. The van der Waals surface area contributed by atoms with Gasteiger partial charge in [0.2, 0.25) is 0 Å². The van der Waals surface area contributed by atoms with E-state index in [1.165, 1.54) is 6.92 Å². The molecule has 0 saturated carbocycles. The summed E-state index contributed by atoms with van der Waals surface area (Å²) in [6.45, 7) is 2.52. The molecule has 0 spiro atoms. The number of aliphatic carboxylic acids is 1. The van der Waals surface area contributed by atoms with Gasteiger partial charge in [-0.3, -0.25) is 4.79 Å². The Morgan fingerprint density at radius 2 is 1.94 bits per heavy atom. The van der Waals surface area contributed by atoms with Gasteiger partial charge in [-0.15, -0.1) is 0 Å². The molecule has 0 aliphatic rings. The SMILES string of the molecule is CCC(COC(C)C(=O)O)NC(=O)C(F)(F)F. The Morgan fingerprint density at radius 3 is 2.29 bits per heavy atom. The van der Waals surface area contributed by atoms with E-state index in [0.717, 1.165) is 0 Å². The molecule has 100 valence electrons. The fourth-order valence-electron chi connectivity index (χ4n) is 0.861. The number of carbonyl (C=O) groups is 2. The number of hydrogen-bond donors (Lipinski definition) is 2. The van der Waals surface area contributed by atoms with E-state index in [2.05, 4.69) is 0 Å². The number of alkyl halides is 3. The van der Waals surface area contributed by atoms with E-state index in [4.69, 9.17) is 9.84 Å². The van der Waals surface area contributed by atoms with Gasteiger partial charge in [0, 0.05) is 0 Å². The summed E-state index contributed by atoms with van der Waals surface area (Å²) in [5.74, 6) is -3.28. The highest BCUT2D eigenvalue weighted by Gasteiger charge is 2.39. The van der Waals surface area contributed by atoms with Crippen LogP contribution in [0.3, 0.4) is 0 Å². The molecule has 1 amide bonds. The third-order valence-electron chi connectivity index (χ3n) is 1.98. The first-order valence-electron chi connectivity index (χ1n) is 4.90. The van der Waals surface area contributed by atoms with Crippen LogP contribution in [0.15, 0.2) is 0 Å². The van der Waals surface area contributed by atoms with Gasteiger partial charge in [0.25, 0.3) is 0 Å². The van der Waals surface area contributed by atoms with E-state index < -0.39 is 30.2 Å². The van der Waals surface area contributed by atoms with Crippen LogP contribution >= 0.6 is 0 Å². The van der Waals surface area contributed by atoms with Crippen molar-refractivity contribution in [1.29, 1.82) is 0 Å². The first kappa shape index (κ1) is 15.7. The van der Waals surface area contributed by atoms with Crippen LogP contribution in [-0.2, 0) is 14.3 Å². The molecule has 8 heteroatoms. The van der Waals surface area contributed by atoms with Crippen LogP contribution in [-0.4, -0.2) is 41.9 Å². The maximum absolute atomic E-state index is 11.9. The molecule has 0 aliphatic carbocycles. The fourth-order valence-corrected chi connectivity index (χ4v) is 0.861. The van der Waals surface area contributed by atoms with Crippen LogP contribution in [0, 0.1) is 0 Å². The molecule has 0 saturated heterocycles. The Hall–Kier alpha value is -1.31. The molecular formula is C9H14F3NO4. The van der Waals surface area contributed by atoms with E-state index >= 15 is 0 Å². The standard InChI is InChI=1S/C9H14F3NO4/c1-3-6(4-17-5(2)7(14)15)13-8(16)9(10,11)12/h5-6H,3-4H2,1-2H3,(H,13,16)(H,14,15). The molecule has 2 unspecified atom stereocenters. The van der Waals surface area contributed by atoms with Crippen molar-refractivity contribution >= 4 is 11.9 Å². The molecule has 2 N–H and O–H groups in total. The number of rotatable bonds is 6. The van der Waals surface area contributed by atoms with Crippen molar-refractivity contribution in [3.05, 3.63) is 0 Å². The van der Waals surface area contributed by atoms with Gasteiger partial charge < -0.3 is 15.2 Å². The summed E-state index contributed by atoms with van der Waals surface area (Å²) in [7, 11) is 0. The topological polar surface area (TPSA) is 75.6 Å². The number of halogens is 3. The molecule has 0 aromatic carbocycles. The van der Waals surface area contributed by atoms with Crippen LogP contribution in [0.4, 0.5) is 13.2 Å². The first-order chi connectivity index (χ1) is 7.68. The van der Waals surface area contributed by atoms with Gasteiger partial charge >= 0.3 is 18.1 Å². The molecule has 0 aromatic rings. The second kappa shape index (κ2) is 6.43.